The molecule has 0 radical (unpaired) electrons. The van der Waals surface area contributed by atoms with Gasteiger partial charge < -0.3 is 9.80 Å². The molecule has 184 valence electrons. The Morgan fingerprint density at radius 3 is 2.50 bits per heavy atom. The number of halogens is 1. The molecule has 1 N–H and O–H groups in total. The van der Waals surface area contributed by atoms with Crippen molar-refractivity contribution in [3.8, 4) is 0 Å². The molecule has 2 fully saturated rings. The van der Waals surface area contributed by atoms with Crippen molar-refractivity contribution in [3.05, 3.63) is 41.4 Å². The zero-order valence-corrected chi connectivity index (χ0v) is 21.3. The first-order valence-electron chi connectivity index (χ1n) is 11.6. The van der Waals surface area contributed by atoms with E-state index in [1.54, 1.807) is 42.2 Å². The van der Waals surface area contributed by atoms with E-state index in [0.29, 0.717) is 37.2 Å². The normalized spacial score (nSPS) is 21.0. The smallest absolute Gasteiger partial charge is 0.246 e. The highest BCUT2D eigenvalue weighted by Crippen LogP contribution is 2.24. The number of hydrogen-bond acceptors (Lipinski definition) is 5. The number of carbonyl (C=O) groups is 2. The van der Waals surface area contributed by atoms with E-state index in [2.05, 4.69) is 23.5 Å². The van der Waals surface area contributed by atoms with Gasteiger partial charge in [-0.2, -0.15) is 4.72 Å². The summed E-state index contributed by atoms with van der Waals surface area (Å²) in [7, 11) is -3.92. The quantitative estimate of drug-likeness (QED) is 0.650. The van der Waals surface area contributed by atoms with Gasteiger partial charge in [-0.1, -0.05) is 23.7 Å². The monoisotopic (exact) mass is 506 g/mol. The van der Waals surface area contributed by atoms with Crippen molar-refractivity contribution in [2.24, 2.45) is 0 Å². The average molecular weight is 507 g/mol. The number of fused-ring (bicyclic) bond motifs is 1. The summed E-state index contributed by atoms with van der Waals surface area (Å²) in [5, 5.41) is 2.14. The van der Waals surface area contributed by atoms with E-state index in [-0.39, 0.29) is 16.7 Å². The highest BCUT2D eigenvalue weighted by molar-refractivity contribution is 7.89. The number of hydrogen-bond donors (Lipinski definition) is 1. The third-order valence-corrected chi connectivity index (χ3v) is 8.42. The number of amides is 2. The van der Waals surface area contributed by atoms with E-state index >= 15 is 0 Å². The van der Waals surface area contributed by atoms with Gasteiger partial charge in [0, 0.05) is 30.7 Å². The minimum Gasteiger partial charge on any atom is -0.329 e. The lowest BCUT2D eigenvalue weighted by atomic mass is 10.1. The molecule has 34 heavy (non-hydrogen) atoms. The molecular weight excluding hydrogens is 476 g/mol. The second-order valence-corrected chi connectivity index (χ2v) is 11.5. The maximum atomic E-state index is 13.1. The molecular formula is C24H31ClN4O4S. The van der Waals surface area contributed by atoms with Crippen LogP contribution in [0.15, 0.2) is 41.3 Å². The Kier molecular flexibility index (Phi) is 7.19. The summed E-state index contributed by atoms with van der Waals surface area (Å²) >= 11 is 6.01. The number of nitrogens with zero attached hydrogens (tertiary/aromatic N) is 3. The average Bonchev–Trinajstić information content (AvgIpc) is 3.16. The maximum absolute atomic E-state index is 13.1. The van der Waals surface area contributed by atoms with E-state index in [1.807, 2.05) is 0 Å². The second kappa shape index (κ2) is 9.81. The SMILES string of the molecule is CC(C)N1CCCN(C(=O)[C@H](C)N2CC[C@H](NS(=O)(=O)c3ccc4cc(Cl)ccc4c3)C2=O)C1. The van der Waals surface area contributed by atoms with Crippen molar-refractivity contribution in [2.45, 2.75) is 56.6 Å². The molecule has 0 saturated carbocycles. The molecule has 2 aliphatic rings. The third kappa shape index (κ3) is 5.07. The molecule has 4 rings (SSSR count). The molecule has 0 unspecified atom stereocenters. The van der Waals surface area contributed by atoms with Gasteiger partial charge in [-0.05, 0) is 68.7 Å². The summed E-state index contributed by atoms with van der Waals surface area (Å²) in [6, 6.07) is 8.79. The van der Waals surface area contributed by atoms with Crippen molar-refractivity contribution < 1.29 is 18.0 Å². The lowest BCUT2D eigenvalue weighted by molar-refractivity contribution is -0.146. The standard InChI is InChI=1S/C24H31ClN4O4S/c1-16(2)27-10-4-11-28(15-27)23(30)17(3)29-12-9-22(24(29)31)26-34(32,33)21-8-6-18-13-20(25)7-5-19(18)14-21/h5-8,13-14,16-17,22,26H,4,9-12,15H2,1-3H3/t17-,22-/m0/s1. The summed E-state index contributed by atoms with van der Waals surface area (Å²) in [5.41, 5.74) is 0. The fourth-order valence-corrected chi connectivity index (χ4v) is 6.08. The summed E-state index contributed by atoms with van der Waals surface area (Å²) in [6.45, 7) is 8.41. The van der Waals surface area contributed by atoms with Crippen LogP contribution >= 0.6 is 11.6 Å². The van der Waals surface area contributed by atoms with E-state index in [0.717, 1.165) is 23.7 Å². The predicted molar refractivity (Wildman–Crippen MR) is 132 cm³/mol. The van der Waals surface area contributed by atoms with Gasteiger partial charge >= 0.3 is 0 Å². The van der Waals surface area contributed by atoms with Crippen molar-refractivity contribution in [1.82, 2.24) is 19.4 Å². The van der Waals surface area contributed by atoms with Crippen LogP contribution < -0.4 is 4.72 Å². The first-order valence-corrected chi connectivity index (χ1v) is 13.5. The molecule has 0 aliphatic carbocycles. The number of sulfonamides is 1. The Morgan fingerprint density at radius 2 is 1.76 bits per heavy atom. The van der Waals surface area contributed by atoms with Gasteiger partial charge in [0.25, 0.3) is 0 Å². The zero-order chi connectivity index (χ0) is 24.6. The lowest BCUT2D eigenvalue weighted by Crippen LogP contribution is -2.55. The molecule has 2 aromatic carbocycles. The van der Waals surface area contributed by atoms with Crippen LogP contribution in [0.25, 0.3) is 10.8 Å². The van der Waals surface area contributed by atoms with E-state index < -0.39 is 22.1 Å². The highest BCUT2D eigenvalue weighted by Gasteiger charge is 2.40. The van der Waals surface area contributed by atoms with Crippen molar-refractivity contribution in [2.75, 3.05) is 26.3 Å². The molecule has 2 heterocycles. The van der Waals surface area contributed by atoms with E-state index in [1.165, 1.54) is 11.0 Å². The molecule has 8 nitrogen and oxygen atoms in total. The van der Waals surface area contributed by atoms with Crippen LogP contribution in [0, 0.1) is 0 Å². The summed E-state index contributed by atoms with van der Waals surface area (Å²) in [4.78, 5) is 31.8. The molecule has 2 amide bonds. The predicted octanol–water partition coefficient (Wildman–Crippen LogP) is 2.66. The molecule has 0 spiro atoms. The van der Waals surface area contributed by atoms with Crippen LogP contribution in [0.4, 0.5) is 0 Å². The highest BCUT2D eigenvalue weighted by atomic mass is 35.5. The van der Waals surface area contributed by atoms with Crippen molar-refractivity contribution in [3.63, 3.8) is 0 Å². The minimum absolute atomic E-state index is 0.0831. The Morgan fingerprint density at radius 1 is 1.06 bits per heavy atom. The van der Waals surface area contributed by atoms with E-state index in [4.69, 9.17) is 11.6 Å². The molecule has 2 saturated heterocycles. The van der Waals surface area contributed by atoms with Crippen LogP contribution in [-0.2, 0) is 19.6 Å². The van der Waals surface area contributed by atoms with Crippen LogP contribution in [0.3, 0.4) is 0 Å². The second-order valence-electron chi connectivity index (χ2n) is 9.33. The number of rotatable bonds is 6. The molecule has 0 bridgehead atoms. The Hall–Kier alpha value is -2.20. The van der Waals surface area contributed by atoms with Gasteiger partial charge in [-0.15, -0.1) is 0 Å². The Balaban J connectivity index is 1.43. The van der Waals surface area contributed by atoms with Crippen LogP contribution in [0.5, 0.6) is 0 Å². The fourth-order valence-electron chi connectivity index (χ4n) is 4.64. The number of carbonyl (C=O) groups excluding carboxylic acids is 2. The maximum Gasteiger partial charge on any atom is 0.246 e. The zero-order valence-electron chi connectivity index (χ0n) is 19.7. The molecule has 2 atom stereocenters. The first kappa shape index (κ1) is 24.9. The lowest BCUT2D eigenvalue weighted by Gasteiger charge is -2.40. The number of benzene rings is 2. The summed E-state index contributed by atoms with van der Waals surface area (Å²) < 4.78 is 28.6. The molecule has 0 aromatic heterocycles. The summed E-state index contributed by atoms with van der Waals surface area (Å²) in [5.74, 6) is -0.467. The van der Waals surface area contributed by atoms with Gasteiger partial charge in [0.2, 0.25) is 21.8 Å². The largest absolute Gasteiger partial charge is 0.329 e. The fraction of sp³-hybridized carbons (Fsp3) is 0.500. The topological polar surface area (TPSA) is 90.0 Å². The number of nitrogens with one attached hydrogen (secondary N) is 1. The molecule has 2 aromatic rings. The van der Waals surface area contributed by atoms with Gasteiger partial charge in [0.1, 0.15) is 12.1 Å². The van der Waals surface area contributed by atoms with E-state index in [9.17, 15) is 18.0 Å². The minimum atomic E-state index is -3.92. The van der Waals surface area contributed by atoms with Crippen molar-refractivity contribution in [1.29, 1.82) is 0 Å². The van der Waals surface area contributed by atoms with Gasteiger partial charge in [0.15, 0.2) is 0 Å². The molecule has 2 aliphatic heterocycles. The summed E-state index contributed by atoms with van der Waals surface area (Å²) in [6.07, 6.45) is 1.21. The van der Waals surface area contributed by atoms with Gasteiger partial charge in [-0.25, -0.2) is 8.42 Å². The first-order chi connectivity index (χ1) is 16.1. The van der Waals surface area contributed by atoms with Crippen LogP contribution in [0.2, 0.25) is 5.02 Å². The Labute approximate surface area is 205 Å². The van der Waals surface area contributed by atoms with Gasteiger partial charge in [-0.3, -0.25) is 14.5 Å². The van der Waals surface area contributed by atoms with Gasteiger partial charge in [0.05, 0.1) is 11.6 Å². The third-order valence-electron chi connectivity index (χ3n) is 6.71. The van der Waals surface area contributed by atoms with Crippen molar-refractivity contribution >= 4 is 44.2 Å². The number of likely N-dealkylation sites (tertiary alicyclic amines) is 1. The molecule has 10 heteroatoms. The Bertz CT molecular complexity index is 1200. The van der Waals surface area contributed by atoms with Crippen LogP contribution in [0.1, 0.15) is 33.6 Å². The van der Waals surface area contributed by atoms with Crippen LogP contribution in [-0.4, -0.2) is 79.4 Å².